The highest BCUT2D eigenvalue weighted by Gasteiger charge is 2.30. The molecule has 0 bridgehead atoms. The van der Waals surface area contributed by atoms with E-state index in [0.29, 0.717) is 12.0 Å². The van der Waals surface area contributed by atoms with Crippen LogP contribution < -0.4 is 22.3 Å². The number of rotatable bonds is 7. The summed E-state index contributed by atoms with van der Waals surface area (Å²) in [4.78, 5) is 38.6. The van der Waals surface area contributed by atoms with Crippen molar-refractivity contribution < 1.29 is 18.3 Å². The van der Waals surface area contributed by atoms with Crippen LogP contribution in [0.3, 0.4) is 0 Å². The standard InChI is InChI=1S/C24H25N5O6S/c1-14(2)11-12-28-22(31)19(21-26-17-9-5-6-10-18(17)36(34,35)27-21)23(32)29(24(28)33)13-15-7-3-4-8-16(15)20(25)30/h3-10,14,32H,11-13H2,1-2H3,(H2,25,30)(H,26,27). The molecule has 0 saturated carbocycles. The second-order valence-corrected chi connectivity index (χ2v) is 10.3. The Morgan fingerprint density at radius 3 is 2.44 bits per heavy atom. The van der Waals surface area contributed by atoms with Gasteiger partial charge in [-0.05, 0) is 36.1 Å². The summed E-state index contributed by atoms with van der Waals surface area (Å²) < 4.78 is 31.2. The number of nitrogens with zero attached hydrogens (tertiary/aromatic N) is 3. The minimum Gasteiger partial charge on any atom is -0.494 e. The highest BCUT2D eigenvalue weighted by molar-refractivity contribution is 7.90. The van der Waals surface area contributed by atoms with E-state index in [1.54, 1.807) is 24.3 Å². The molecule has 36 heavy (non-hydrogen) atoms. The van der Waals surface area contributed by atoms with Crippen molar-refractivity contribution in [2.75, 3.05) is 5.32 Å². The van der Waals surface area contributed by atoms with Crippen LogP contribution in [0.4, 0.5) is 5.69 Å². The molecule has 1 aliphatic heterocycles. The van der Waals surface area contributed by atoms with Crippen molar-refractivity contribution in [3.05, 3.63) is 86.1 Å². The third-order valence-electron chi connectivity index (χ3n) is 5.81. The molecule has 3 aromatic rings. The molecule has 11 nitrogen and oxygen atoms in total. The normalized spacial score (nSPS) is 14.1. The van der Waals surface area contributed by atoms with Crippen LogP contribution in [0.25, 0.3) is 0 Å². The van der Waals surface area contributed by atoms with Gasteiger partial charge in [-0.2, -0.15) is 8.42 Å². The summed E-state index contributed by atoms with van der Waals surface area (Å²) in [5.74, 6) is -1.78. The van der Waals surface area contributed by atoms with Gasteiger partial charge in [0.25, 0.3) is 15.6 Å². The third-order valence-corrected chi connectivity index (χ3v) is 7.14. The first-order chi connectivity index (χ1) is 17.0. The second-order valence-electron chi connectivity index (χ2n) is 8.76. The van der Waals surface area contributed by atoms with Gasteiger partial charge in [0.05, 0.1) is 12.2 Å². The number of amides is 1. The van der Waals surface area contributed by atoms with Crippen molar-refractivity contribution in [2.45, 2.75) is 38.3 Å². The lowest BCUT2D eigenvalue weighted by Crippen LogP contribution is -2.44. The Balaban J connectivity index is 1.96. The van der Waals surface area contributed by atoms with Crippen LogP contribution in [0.2, 0.25) is 0 Å². The van der Waals surface area contributed by atoms with Crippen LogP contribution >= 0.6 is 0 Å². The Morgan fingerprint density at radius 2 is 1.75 bits per heavy atom. The van der Waals surface area contributed by atoms with E-state index in [1.165, 1.54) is 24.3 Å². The first kappa shape index (κ1) is 24.9. The maximum Gasteiger partial charge on any atom is 0.334 e. The lowest BCUT2D eigenvalue weighted by atomic mass is 10.1. The van der Waals surface area contributed by atoms with Gasteiger partial charge in [-0.3, -0.25) is 18.7 Å². The van der Waals surface area contributed by atoms with Crippen LogP contribution in [-0.4, -0.2) is 34.4 Å². The number of aromatic hydroxyl groups is 1. The molecule has 1 amide bonds. The van der Waals surface area contributed by atoms with E-state index in [1.807, 2.05) is 13.8 Å². The van der Waals surface area contributed by atoms with Crippen molar-refractivity contribution in [1.29, 1.82) is 0 Å². The number of sulfonamides is 1. The molecule has 1 aliphatic rings. The topological polar surface area (TPSA) is 166 Å². The summed E-state index contributed by atoms with van der Waals surface area (Å²) in [6.07, 6.45) is 0.471. The van der Waals surface area contributed by atoms with Gasteiger partial charge in [0.15, 0.2) is 5.84 Å². The quantitative estimate of drug-likeness (QED) is 0.432. The van der Waals surface area contributed by atoms with Gasteiger partial charge in [-0.25, -0.2) is 4.79 Å². The van der Waals surface area contributed by atoms with Gasteiger partial charge in [0.2, 0.25) is 11.8 Å². The van der Waals surface area contributed by atoms with Crippen molar-refractivity contribution in [1.82, 2.24) is 9.13 Å². The molecule has 0 saturated heterocycles. The van der Waals surface area contributed by atoms with Crippen LogP contribution in [0.1, 0.15) is 41.8 Å². The van der Waals surface area contributed by atoms with E-state index in [4.69, 9.17) is 5.73 Å². The average Bonchev–Trinajstić information content (AvgIpc) is 2.81. The number of fused-ring (bicyclic) bond motifs is 1. The van der Waals surface area contributed by atoms with Gasteiger partial charge >= 0.3 is 5.69 Å². The molecule has 188 valence electrons. The highest BCUT2D eigenvalue weighted by atomic mass is 32.2. The third kappa shape index (κ3) is 4.54. The molecule has 0 spiro atoms. The van der Waals surface area contributed by atoms with Gasteiger partial charge < -0.3 is 16.2 Å². The van der Waals surface area contributed by atoms with E-state index in [0.717, 1.165) is 9.13 Å². The molecule has 0 unspecified atom stereocenters. The minimum atomic E-state index is -4.19. The average molecular weight is 512 g/mol. The summed E-state index contributed by atoms with van der Waals surface area (Å²) in [7, 11) is -4.19. The summed E-state index contributed by atoms with van der Waals surface area (Å²) in [6.45, 7) is 3.57. The molecule has 0 aliphatic carbocycles. The monoisotopic (exact) mass is 511 g/mol. The molecule has 4 rings (SSSR count). The number of anilines is 1. The van der Waals surface area contributed by atoms with E-state index < -0.39 is 44.5 Å². The van der Waals surface area contributed by atoms with Gasteiger partial charge in [0, 0.05) is 12.1 Å². The summed E-state index contributed by atoms with van der Waals surface area (Å²) in [6, 6.07) is 12.3. The Kier molecular flexibility index (Phi) is 6.55. The van der Waals surface area contributed by atoms with E-state index in [-0.39, 0.29) is 35.2 Å². The first-order valence-corrected chi connectivity index (χ1v) is 12.6. The smallest absolute Gasteiger partial charge is 0.334 e. The molecule has 2 aromatic carbocycles. The summed E-state index contributed by atoms with van der Waals surface area (Å²) >= 11 is 0. The molecule has 4 N–H and O–H groups in total. The predicted molar refractivity (Wildman–Crippen MR) is 134 cm³/mol. The Bertz CT molecular complexity index is 1620. The molecule has 0 radical (unpaired) electrons. The van der Waals surface area contributed by atoms with Gasteiger partial charge in [-0.15, -0.1) is 4.40 Å². The fraction of sp³-hybridized carbons (Fsp3) is 0.250. The summed E-state index contributed by atoms with van der Waals surface area (Å²) in [5, 5.41) is 13.9. The first-order valence-electron chi connectivity index (χ1n) is 11.2. The van der Waals surface area contributed by atoms with Crippen molar-refractivity contribution in [3.8, 4) is 5.88 Å². The van der Waals surface area contributed by atoms with E-state index in [9.17, 15) is 27.9 Å². The molecule has 2 heterocycles. The van der Waals surface area contributed by atoms with Crippen molar-refractivity contribution in [3.63, 3.8) is 0 Å². The zero-order valence-corrected chi connectivity index (χ0v) is 20.4. The number of para-hydroxylation sites is 1. The van der Waals surface area contributed by atoms with Crippen LogP contribution in [0.15, 0.2) is 67.4 Å². The highest BCUT2D eigenvalue weighted by Crippen LogP contribution is 2.29. The molecule has 0 atom stereocenters. The number of hydrogen-bond acceptors (Lipinski definition) is 7. The Hall–Kier alpha value is -4.19. The Morgan fingerprint density at radius 1 is 1.08 bits per heavy atom. The van der Waals surface area contributed by atoms with Gasteiger partial charge in [-0.1, -0.05) is 44.2 Å². The zero-order chi connectivity index (χ0) is 26.2. The second kappa shape index (κ2) is 9.46. The molecule has 0 fully saturated rings. The maximum atomic E-state index is 13.4. The minimum absolute atomic E-state index is 0.0245. The van der Waals surface area contributed by atoms with Crippen molar-refractivity contribution in [2.24, 2.45) is 16.0 Å². The maximum absolute atomic E-state index is 13.4. The molecule has 1 aromatic heterocycles. The lowest BCUT2D eigenvalue weighted by Gasteiger charge is -2.21. The zero-order valence-electron chi connectivity index (χ0n) is 19.6. The summed E-state index contributed by atoms with van der Waals surface area (Å²) in [5.41, 5.74) is 3.91. The number of amidine groups is 1. The number of primary amides is 1. The van der Waals surface area contributed by atoms with Gasteiger partial charge in [0.1, 0.15) is 10.5 Å². The predicted octanol–water partition coefficient (Wildman–Crippen LogP) is 1.47. The van der Waals surface area contributed by atoms with Crippen LogP contribution in [0.5, 0.6) is 5.88 Å². The molecule has 12 heteroatoms. The largest absolute Gasteiger partial charge is 0.494 e. The fourth-order valence-corrected chi connectivity index (χ4v) is 5.04. The lowest BCUT2D eigenvalue weighted by molar-refractivity contribution is 0.0999. The molecular formula is C24H25N5O6S. The van der Waals surface area contributed by atoms with E-state index >= 15 is 0 Å². The number of benzene rings is 2. The van der Waals surface area contributed by atoms with Crippen LogP contribution in [0, 0.1) is 5.92 Å². The Labute approximate surface area is 206 Å². The number of hydrogen-bond donors (Lipinski definition) is 3. The number of carbonyl (C=O) groups excluding carboxylic acids is 1. The van der Waals surface area contributed by atoms with E-state index in [2.05, 4.69) is 9.71 Å². The number of nitrogens with two attached hydrogens (primary N) is 1. The van der Waals surface area contributed by atoms with Crippen molar-refractivity contribution >= 4 is 27.5 Å². The SMILES string of the molecule is CC(C)CCn1c(=O)c(C2=NS(=O)(=O)c3ccccc3N2)c(O)n(Cc2ccccc2C(N)=O)c1=O. The van der Waals surface area contributed by atoms with Crippen LogP contribution in [-0.2, 0) is 23.1 Å². The number of aromatic nitrogens is 2. The molecular weight excluding hydrogens is 486 g/mol. The number of nitrogens with one attached hydrogen (secondary N) is 1. The number of carbonyl (C=O) groups is 1. The fourth-order valence-electron chi connectivity index (χ4n) is 3.91.